The average molecular weight is 386 g/mol. The minimum atomic E-state index is -0.174. The first kappa shape index (κ1) is 18.0. The first-order valence-corrected chi connectivity index (χ1v) is 9.53. The van der Waals surface area contributed by atoms with E-state index in [9.17, 15) is 4.79 Å². The molecular formula is C16H14N6O2S2. The van der Waals surface area contributed by atoms with Crippen LogP contribution in [0.5, 0.6) is 0 Å². The number of rotatable bonds is 8. The summed E-state index contributed by atoms with van der Waals surface area (Å²) in [5, 5.41) is 23.6. The number of carbonyl (C=O) groups is 1. The number of nitrogens with one attached hydrogen (secondary N) is 1. The molecule has 1 aromatic carbocycles. The zero-order chi connectivity index (χ0) is 18.2. The van der Waals surface area contributed by atoms with Gasteiger partial charge in [-0.25, -0.2) is 4.68 Å². The van der Waals surface area contributed by atoms with Gasteiger partial charge in [0.25, 0.3) is 0 Å². The molecule has 0 bridgehead atoms. The summed E-state index contributed by atoms with van der Waals surface area (Å²) in [6, 6.07) is 13.1. The predicted octanol–water partition coefficient (Wildman–Crippen LogP) is 2.66. The van der Waals surface area contributed by atoms with E-state index in [1.807, 2.05) is 30.3 Å². The maximum absolute atomic E-state index is 12.3. The molecule has 0 saturated carbocycles. The maximum Gasteiger partial charge on any atom is 0.234 e. The molecule has 0 radical (unpaired) electrons. The lowest BCUT2D eigenvalue weighted by atomic mass is 10.3. The number of nitrogens with zero attached hydrogens (tertiary/aromatic N) is 5. The number of hydrogen-bond donors (Lipinski definition) is 1. The first-order valence-electron chi connectivity index (χ1n) is 7.56. The van der Waals surface area contributed by atoms with Crippen molar-refractivity contribution in [3.8, 4) is 6.07 Å². The molecule has 1 amide bonds. The number of nitriles is 1. The Balaban J connectivity index is 1.57. The van der Waals surface area contributed by atoms with E-state index in [1.54, 1.807) is 17.0 Å². The van der Waals surface area contributed by atoms with Gasteiger partial charge in [0.2, 0.25) is 11.1 Å². The summed E-state index contributed by atoms with van der Waals surface area (Å²) in [7, 11) is 0. The SMILES string of the molecule is N#CCSc1ccccc1NC(=O)CSc1nnnn1Cc1ccco1. The molecule has 0 unspecified atom stereocenters. The van der Waals surface area contributed by atoms with Gasteiger partial charge in [0.15, 0.2) is 0 Å². The van der Waals surface area contributed by atoms with Crippen molar-refractivity contribution in [1.82, 2.24) is 20.2 Å². The van der Waals surface area contributed by atoms with Crippen LogP contribution in [-0.2, 0) is 11.3 Å². The normalized spacial score (nSPS) is 10.4. The second-order valence-electron chi connectivity index (χ2n) is 4.98. The third kappa shape index (κ3) is 4.87. The monoisotopic (exact) mass is 386 g/mol. The molecule has 26 heavy (non-hydrogen) atoms. The lowest BCUT2D eigenvalue weighted by Gasteiger charge is -2.09. The number of hydrogen-bond acceptors (Lipinski definition) is 8. The fourth-order valence-electron chi connectivity index (χ4n) is 2.07. The van der Waals surface area contributed by atoms with Crippen molar-refractivity contribution in [2.45, 2.75) is 16.6 Å². The van der Waals surface area contributed by atoms with Crippen LogP contribution in [0.2, 0.25) is 0 Å². The Morgan fingerprint density at radius 1 is 1.27 bits per heavy atom. The Hall–Kier alpha value is -2.77. The molecule has 0 aliphatic carbocycles. The number of aromatic nitrogens is 4. The van der Waals surface area contributed by atoms with Gasteiger partial charge in [0.1, 0.15) is 12.3 Å². The van der Waals surface area contributed by atoms with Gasteiger partial charge >= 0.3 is 0 Å². The lowest BCUT2D eigenvalue weighted by Crippen LogP contribution is -2.15. The molecule has 0 aliphatic heterocycles. The zero-order valence-corrected chi connectivity index (χ0v) is 15.2. The summed E-state index contributed by atoms with van der Waals surface area (Å²) in [6.07, 6.45) is 1.59. The highest BCUT2D eigenvalue weighted by molar-refractivity contribution is 8.00. The summed E-state index contributed by atoms with van der Waals surface area (Å²) < 4.78 is 6.86. The van der Waals surface area contributed by atoms with E-state index in [2.05, 4.69) is 26.9 Å². The highest BCUT2D eigenvalue weighted by Crippen LogP contribution is 2.27. The van der Waals surface area contributed by atoms with E-state index in [4.69, 9.17) is 9.68 Å². The van der Waals surface area contributed by atoms with Crippen molar-refractivity contribution in [1.29, 1.82) is 5.26 Å². The minimum Gasteiger partial charge on any atom is -0.467 e. The number of furan rings is 1. The Labute approximate surface area is 157 Å². The molecule has 0 spiro atoms. The summed E-state index contributed by atoms with van der Waals surface area (Å²) in [5.74, 6) is 1.04. The Bertz CT molecular complexity index is 904. The van der Waals surface area contributed by atoms with Gasteiger partial charge in [-0.15, -0.1) is 16.9 Å². The lowest BCUT2D eigenvalue weighted by molar-refractivity contribution is -0.113. The number of carbonyl (C=O) groups excluding carboxylic acids is 1. The summed E-state index contributed by atoms with van der Waals surface area (Å²) in [6.45, 7) is 0.400. The van der Waals surface area contributed by atoms with Gasteiger partial charge in [0.05, 0.1) is 29.5 Å². The van der Waals surface area contributed by atoms with Gasteiger partial charge in [0, 0.05) is 4.90 Å². The second kappa shape index (κ2) is 9.07. The molecule has 1 N–H and O–H groups in total. The van der Waals surface area contributed by atoms with Crippen LogP contribution in [0.3, 0.4) is 0 Å². The standard InChI is InChI=1S/C16H14N6O2S2/c17-7-9-25-14-6-2-1-5-13(14)18-15(23)11-26-16-19-20-21-22(16)10-12-4-3-8-24-12/h1-6,8H,9-11H2,(H,18,23). The second-order valence-corrected chi connectivity index (χ2v) is 6.94. The van der Waals surface area contributed by atoms with Crippen LogP contribution in [0, 0.1) is 11.3 Å². The van der Waals surface area contributed by atoms with Crippen molar-refractivity contribution in [3.63, 3.8) is 0 Å². The molecule has 132 valence electrons. The fraction of sp³-hybridized carbons (Fsp3) is 0.188. The third-order valence-electron chi connectivity index (χ3n) is 3.17. The highest BCUT2D eigenvalue weighted by atomic mass is 32.2. The number of benzene rings is 1. The van der Waals surface area contributed by atoms with Crippen LogP contribution >= 0.6 is 23.5 Å². The Morgan fingerprint density at radius 2 is 2.15 bits per heavy atom. The van der Waals surface area contributed by atoms with Crippen LogP contribution in [0.15, 0.2) is 57.1 Å². The smallest absolute Gasteiger partial charge is 0.234 e. The van der Waals surface area contributed by atoms with Crippen LogP contribution in [-0.4, -0.2) is 37.6 Å². The molecule has 3 aromatic rings. The van der Waals surface area contributed by atoms with E-state index < -0.39 is 0 Å². The quantitative estimate of drug-likeness (QED) is 0.588. The van der Waals surface area contributed by atoms with E-state index in [0.717, 1.165) is 10.7 Å². The molecule has 0 saturated heterocycles. The summed E-state index contributed by atoms with van der Waals surface area (Å²) in [5.41, 5.74) is 0.688. The molecule has 10 heteroatoms. The molecule has 2 heterocycles. The fourth-order valence-corrected chi connectivity index (χ4v) is 3.42. The Morgan fingerprint density at radius 3 is 2.96 bits per heavy atom. The zero-order valence-electron chi connectivity index (χ0n) is 13.5. The molecule has 0 fully saturated rings. The topological polar surface area (TPSA) is 110 Å². The summed E-state index contributed by atoms with van der Waals surface area (Å²) >= 11 is 2.62. The van der Waals surface area contributed by atoms with Crippen LogP contribution in [0.4, 0.5) is 5.69 Å². The van der Waals surface area contributed by atoms with Gasteiger partial charge < -0.3 is 9.73 Å². The highest BCUT2D eigenvalue weighted by Gasteiger charge is 2.12. The number of tetrazole rings is 1. The van der Waals surface area contributed by atoms with Crippen molar-refractivity contribution in [2.24, 2.45) is 0 Å². The minimum absolute atomic E-state index is 0.162. The van der Waals surface area contributed by atoms with Crippen molar-refractivity contribution < 1.29 is 9.21 Å². The van der Waals surface area contributed by atoms with E-state index in [-0.39, 0.29) is 11.7 Å². The summed E-state index contributed by atoms with van der Waals surface area (Å²) in [4.78, 5) is 13.1. The van der Waals surface area contributed by atoms with Crippen molar-refractivity contribution in [2.75, 3.05) is 16.8 Å². The number of thioether (sulfide) groups is 2. The molecule has 0 aliphatic rings. The van der Waals surface area contributed by atoms with Crippen LogP contribution < -0.4 is 5.32 Å². The van der Waals surface area contributed by atoms with E-state index in [1.165, 1.54) is 23.5 Å². The van der Waals surface area contributed by atoms with E-state index in [0.29, 0.717) is 23.1 Å². The molecule has 8 nitrogen and oxygen atoms in total. The first-order chi connectivity index (χ1) is 12.8. The largest absolute Gasteiger partial charge is 0.467 e. The average Bonchev–Trinajstić information content (AvgIpc) is 3.32. The van der Waals surface area contributed by atoms with Crippen LogP contribution in [0.25, 0.3) is 0 Å². The van der Waals surface area contributed by atoms with Gasteiger partial charge in [-0.2, -0.15) is 5.26 Å². The van der Waals surface area contributed by atoms with Crippen molar-refractivity contribution in [3.05, 3.63) is 48.4 Å². The van der Waals surface area contributed by atoms with Gasteiger partial charge in [-0.3, -0.25) is 4.79 Å². The number of amides is 1. The molecular weight excluding hydrogens is 372 g/mol. The molecule has 3 rings (SSSR count). The maximum atomic E-state index is 12.3. The number of para-hydroxylation sites is 1. The molecule has 0 atom stereocenters. The van der Waals surface area contributed by atoms with Gasteiger partial charge in [-0.05, 0) is 34.7 Å². The Kier molecular flexibility index (Phi) is 6.29. The van der Waals surface area contributed by atoms with E-state index >= 15 is 0 Å². The molecule has 2 aromatic heterocycles. The number of anilines is 1. The van der Waals surface area contributed by atoms with Crippen LogP contribution in [0.1, 0.15) is 5.76 Å². The third-order valence-corrected chi connectivity index (χ3v) is 5.07. The van der Waals surface area contributed by atoms with Crippen molar-refractivity contribution >= 4 is 35.1 Å². The van der Waals surface area contributed by atoms with Gasteiger partial charge in [-0.1, -0.05) is 23.9 Å². The predicted molar refractivity (Wildman–Crippen MR) is 97.8 cm³/mol.